The Bertz CT molecular complexity index is 896. The zero-order chi connectivity index (χ0) is 15.1. The van der Waals surface area contributed by atoms with Gasteiger partial charge in [-0.15, -0.1) is 0 Å². The molecule has 0 amide bonds. The predicted molar refractivity (Wildman–Crippen MR) is 83.1 cm³/mol. The maximum Gasteiger partial charge on any atom is 0.235 e. The quantitative estimate of drug-likeness (QED) is 0.792. The van der Waals surface area contributed by atoms with Gasteiger partial charge in [0, 0.05) is 12.6 Å². The number of fused-ring (bicyclic) bond motifs is 1. The second kappa shape index (κ2) is 4.93. The molecule has 0 saturated heterocycles. The van der Waals surface area contributed by atoms with Crippen molar-refractivity contribution >= 4 is 22.6 Å². The molecule has 0 spiro atoms. The van der Waals surface area contributed by atoms with Gasteiger partial charge in [0.05, 0.1) is 28.9 Å². The van der Waals surface area contributed by atoms with Crippen molar-refractivity contribution < 1.29 is 4.74 Å². The molecule has 2 aromatic heterocycles. The van der Waals surface area contributed by atoms with Crippen LogP contribution in [0, 0.1) is 6.92 Å². The molecule has 0 saturated carbocycles. The Labute approximate surface area is 126 Å². The summed E-state index contributed by atoms with van der Waals surface area (Å²) >= 11 is 6.24. The summed E-state index contributed by atoms with van der Waals surface area (Å²) < 4.78 is 6.96. The van der Waals surface area contributed by atoms with E-state index in [-0.39, 0.29) is 11.2 Å². The molecule has 1 N–H and O–H groups in total. The maximum absolute atomic E-state index is 12.7. The average molecular weight is 304 g/mol. The van der Waals surface area contributed by atoms with Crippen molar-refractivity contribution in [1.82, 2.24) is 14.8 Å². The number of nitrogens with one attached hydrogen (secondary N) is 1. The average Bonchev–Trinajstić information content (AvgIpc) is 2.74. The van der Waals surface area contributed by atoms with Gasteiger partial charge in [-0.05, 0) is 13.0 Å². The SMILES string of the molecule is COc1c(-c2ccccc2Cl)[nH]c2c(c(C)nn2C)c1=O. The standard InChI is InChI=1S/C15H14ClN3O2/c1-8-11-13(20)14(21-3)12(17-15(11)19(2)18-8)9-6-4-5-7-10(9)16/h4-7H,1-3H3,(H,17,20). The van der Waals surface area contributed by atoms with Crippen molar-refractivity contribution in [2.45, 2.75) is 6.92 Å². The van der Waals surface area contributed by atoms with Gasteiger partial charge in [0.1, 0.15) is 5.65 Å². The van der Waals surface area contributed by atoms with E-state index < -0.39 is 0 Å². The molecule has 3 aromatic rings. The van der Waals surface area contributed by atoms with Crippen LogP contribution in [0.4, 0.5) is 0 Å². The van der Waals surface area contributed by atoms with Crippen molar-refractivity contribution in [3.63, 3.8) is 0 Å². The third kappa shape index (κ3) is 2.01. The number of H-pyrrole nitrogens is 1. The monoisotopic (exact) mass is 303 g/mol. The molecule has 108 valence electrons. The predicted octanol–water partition coefficient (Wildman–Crippen LogP) is 2.90. The van der Waals surface area contributed by atoms with Gasteiger partial charge in [0.15, 0.2) is 5.75 Å². The van der Waals surface area contributed by atoms with Crippen LogP contribution in [0.1, 0.15) is 5.69 Å². The number of nitrogens with zero attached hydrogens (tertiary/aromatic N) is 2. The number of methoxy groups -OCH3 is 1. The molecule has 3 rings (SSSR count). The number of aromatic amines is 1. The lowest BCUT2D eigenvalue weighted by Crippen LogP contribution is -2.10. The second-order valence-corrected chi connectivity index (χ2v) is 5.18. The molecule has 2 heterocycles. The summed E-state index contributed by atoms with van der Waals surface area (Å²) in [7, 11) is 3.26. The summed E-state index contributed by atoms with van der Waals surface area (Å²) in [5, 5.41) is 5.36. The minimum absolute atomic E-state index is 0.188. The van der Waals surface area contributed by atoms with Crippen molar-refractivity contribution in [2.75, 3.05) is 7.11 Å². The van der Waals surface area contributed by atoms with E-state index in [0.29, 0.717) is 33.0 Å². The smallest absolute Gasteiger partial charge is 0.235 e. The molecule has 0 radical (unpaired) electrons. The number of pyridine rings is 1. The zero-order valence-corrected chi connectivity index (χ0v) is 12.7. The van der Waals surface area contributed by atoms with E-state index in [4.69, 9.17) is 16.3 Å². The van der Waals surface area contributed by atoms with Gasteiger partial charge in [-0.1, -0.05) is 29.8 Å². The van der Waals surface area contributed by atoms with Crippen LogP contribution in [0.5, 0.6) is 5.75 Å². The molecule has 0 aliphatic carbocycles. The number of ether oxygens (including phenoxy) is 1. The first kappa shape index (κ1) is 13.7. The highest BCUT2D eigenvalue weighted by Gasteiger charge is 2.19. The molecular formula is C15H14ClN3O2. The van der Waals surface area contributed by atoms with E-state index in [9.17, 15) is 4.79 Å². The molecule has 1 aromatic carbocycles. The Kier molecular flexibility index (Phi) is 3.22. The fourth-order valence-corrected chi connectivity index (χ4v) is 2.75. The lowest BCUT2D eigenvalue weighted by atomic mass is 10.1. The largest absolute Gasteiger partial charge is 0.491 e. The van der Waals surface area contributed by atoms with Crippen LogP contribution in [0.3, 0.4) is 0 Å². The molecular weight excluding hydrogens is 290 g/mol. The van der Waals surface area contributed by atoms with E-state index in [1.807, 2.05) is 18.2 Å². The molecule has 0 fully saturated rings. The van der Waals surface area contributed by atoms with Crippen molar-refractivity contribution in [2.24, 2.45) is 7.05 Å². The van der Waals surface area contributed by atoms with Gasteiger partial charge in [-0.2, -0.15) is 5.10 Å². The first-order valence-electron chi connectivity index (χ1n) is 6.43. The van der Waals surface area contributed by atoms with Crippen LogP contribution in [0.15, 0.2) is 29.1 Å². The zero-order valence-electron chi connectivity index (χ0n) is 11.9. The summed E-state index contributed by atoms with van der Waals surface area (Å²) in [6, 6.07) is 7.30. The van der Waals surface area contributed by atoms with E-state index in [0.717, 1.165) is 0 Å². The summed E-state index contributed by atoms with van der Waals surface area (Å²) in [5.41, 5.74) is 2.40. The van der Waals surface area contributed by atoms with Gasteiger partial charge in [0.25, 0.3) is 0 Å². The normalized spacial score (nSPS) is 11.0. The van der Waals surface area contributed by atoms with Gasteiger partial charge in [0.2, 0.25) is 5.43 Å². The Morgan fingerprint density at radius 2 is 2.05 bits per heavy atom. The van der Waals surface area contributed by atoms with E-state index in [1.54, 1.807) is 24.7 Å². The Hall–Kier alpha value is -2.27. The molecule has 0 atom stereocenters. The van der Waals surface area contributed by atoms with Crippen molar-refractivity contribution in [3.05, 3.63) is 45.2 Å². The van der Waals surface area contributed by atoms with E-state index in [2.05, 4.69) is 10.1 Å². The van der Waals surface area contributed by atoms with Crippen molar-refractivity contribution in [3.8, 4) is 17.0 Å². The number of rotatable bonds is 2. The molecule has 0 aliphatic heterocycles. The lowest BCUT2D eigenvalue weighted by Gasteiger charge is -2.10. The minimum atomic E-state index is -0.188. The number of halogens is 1. The van der Waals surface area contributed by atoms with E-state index in [1.165, 1.54) is 7.11 Å². The topological polar surface area (TPSA) is 59.9 Å². The van der Waals surface area contributed by atoms with Gasteiger partial charge in [-0.25, -0.2) is 0 Å². The highest BCUT2D eigenvalue weighted by atomic mass is 35.5. The molecule has 6 heteroatoms. The maximum atomic E-state index is 12.7. The van der Waals surface area contributed by atoms with Crippen LogP contribution < -0.4 is 10.2 Å². The Morgan fingerprint density at radius 3 is 2.71 bits per heavy atom. The van der Waals surface area contributed by atoms with Crippen molar-refractivity contribution in [1.29, 1.82) is 0 Å². The summed E-state index contributed by atoms with van der Waals surface area (Å²) in [5.74, 6) is 0.242. The number of hydrogen-bond donors (Lipinski definition) is 1. The lowest BCUT2D eigenvalue weighted by molar-refractivity contribution is 0.412. The first-order chi connectivity index (χ1) is 10.0. The third-order valence-corrected chi connectivity index (χ3v) is 3.80. The van der Waals surface area contributed by atoms with E-state index >= 15 is 0 Å². The van der Waals surface area contributed by atoms with Crippen LogP contribution in [-0.2, 0) is 7.05 Å². The molecule has 0 aliphatic rings. The Balaban J connectivity index is 2.46. The number of hydrogen-bond acceptors (Lipinski definition) is 3. The minimum Gasteiger partial charge on any atom is -0.491 e. The fraction of sp³-hybridized carbons (Fsp3) is 0.200. The molecule has 0 bridgehead atoms. The second-order valence-electron chi connectivity index (χ2n) is 4.77. The molecule has 0 unspecified atom stereocenters. The van der Waals surface area contributed by atoms with Crippen LogP contribution in [0.25, 0.3) is 22.3 Å². The Morgan fingerprint density at radius 1 is 1.33 bits per heavy atom. The highest BCUT2D eigenvalue weighted by Crippen LogP contribution is 2.32. The fourth-order valence-electron chi connectivity index (χ4n) is 2.52. The number of aromatic nitrogens is 3. The molecule has 21 heavy (non-hydrogen) atoms. The summed E-state index contributed by atoms with van der Waals surface area (Å²) in [6.45, 7) is 1.80. The van der Waals surface area contributed by atoms with Gasteiger partial charge >= 0.3 is 0 Å². The number of benzene rings is 1. The molecule has 5 nitrogen and oxygen atoms in total. The summed E-state index contributed by atoms with van der Waals surface area (Å²) in [4.78, 5) is 15.9. The highest BCUT2D eigenvalue weighted by molar-refractivity contribution is 6.33. The van der Waals surface area contributed by atoms with Crippen LogP contribution in [0.2, 0.25) is 5.02 Å². The third-order valence-electron chi connectivity index (χ3n) is 3.47. The first-order valence-corrected chi connectivity index (χ1v) is 6.81. The van der Waals surface area contributed by atoms with Crippen LogP contribution in [-0.4, -0.2) is 21.9 Å². The van der Waals surface area contributed by atoms with Crippen LogP contribution >= 0.6 is 11.6 Å². The summed E-state index contributed by atoms with van der Waals surface area (Å²) in [6.07, 6.45) is 0. The van der Waals surface area contributed by atoms with Gasteiger partial charge in [-0.3, -0.25) is 9.48 Å². The number of aryl methyl sites for hydroxylation is 2. The van der Waals surface area contributed by atoms with Gasteiger partial charge < -0.3 is 9.72 Å².